The molecule has 4 heteroatoms. The lowest BCUT2D eigenvalue weighted by molar-refractivity contribution is -0.0760. The number of ether oxygens (including phenoxy) is 1. The highest BCUT2D eigenvalue weighted by atomic mass is 16.6. The molecule has 0 spiro atoms. The van der Waals surface area contributed by atoms with Crippen molar-refractivity contribution >= 4 is 6.09 Å². The van der Waals surface area contributed by atoms with E-state index in [0.717, 1.165) is 25.7 Å². The first kappa shape index (κ1) is 14.6. The van der Waals surface area contributed by atoms with Crippen molar-refractivity contribution < 1.29 is 14.6 Å². The highest BCUT2D eigenvalue weighted by molar-refractivity contribution is 5.68. The molecule has 1 heterocycles. The molecular weight excluding hydrogens is 242 g/mol. The van der Waals surface area contributed by atoms with Gasteiger partial charge in [-0.3, -0.25) is 0 Å². The molecule has 0 bridgehead atoms. The smallest absolute Gasteiger partial charge is 0.410 e. The summed E-state index contributed by atoms with van der Waals surface area (Å²) in [5.74, 6) is 0.359. The van der Waals surface area contributed by atoms with E-state index in [1.165, 1.54) is 12.8 Å². The van der Waals surface area contributed by atoms with Crippen molar-refractivity contribution in [1.29, 1.82) is 0 Å². The van der Waals surface area contributed by atoms with E-state index in [9.17, 15) is 9.90 Å². The number of aliphatic hydroxyl groups is 1. The minimum atomic E-state index is -0.689. The zero-order valence-electron chi connectivity index (χ0n) is 12.4. The zero-order valence-corrected chi connectivity index (χ0v) is 12.4. The van der Waals surface area contributed by atoms with Gasteiger partial charge in [-0.25, -0.2) is 4.79 Å². The molecule has 4 nitrogen and oxygen atoms in total. The number of carbonyl (C=O) groups excluding carboxylic acids is 1. The van der Waals surface area contributed by atoms with Crippen LogP contribution in [0.25, 0.3) is 0 Å². The Labute approximate surface area is 116 Å². The van der Waals surface area contributed by atoms with Gasteiger partial charge in [0.15, 0.2) is 0 Å². The molecule has 1 aliphatic carbocycles. The van der Waals surface area contributed by atoms with Crippen LogP contribution in [0.3, 0.4) is 0 Å². The minimum Gasteiger partial charge on any atom is -0.444 e. The number of hydrogen-bond acceptors (Lipinski definition) is 3. The van der Waals surface area contributed by atoms with Gasteiger partial charge >= 0.3 is 6.09 Å². The molecule has 1 saturated heterocycles. The Balaban J connectivity index is 1.98. The van der Waals surface area contributed by atoms with Crippen LogP contribution in [0.5, 0.6) is 0 Å². The molecule has 2 fully saturated rings. The Bertz CT molecular complexity index is 331. The van der Waals surface area contributed by atoms with E-state index >= 15 is 0 Å². The van der Waals surface area contributed by atoms with Crippen LogP contribution < -0.4 is 0 Å². The average Bonchev–Trinajstić information content (AvgIpc) is 2.80. The lowest BCUT2D eigenvalue weighted by Gasteiger charge is -2.43. The first-order valence-electron chi connectivity index (χ1n) is 7.50. The summed E-state index contributed by atoms with van der Waals surface area (Å²) in [5, 5.41) is 10.8. The van der Waals surface area contributed by atoms with Crippen LogP contribution in [-0.2, 0) is 4.74 Å². The molecule has 19 heavy (non-hydrogen) atoms. The third kappa shape index (κ3) is 3.62. The first-order chi connectivity index (χ1) is 8.80. The quantitative estimate of drug-likeness (QED) is 0.796. The molecule has 1 atom stereocenters. The van der Waals surface area contributed by atoms with E-state index in [1.807, 2.05) is 20.8 Å². The fourth-order valence-electron chi connectivity index (χ4n) is 3.34. The lowest BCUT2D eigenvalue weighted by atomic mass is 9.80. The van der Waals surface area contributed by atoms with E-state index in [2.05, 4.69) is 0 Å². The van der Waals surface area contributed by atoms with Crippen molar-refractivity contribution in [2.45, 2.75) is 70.5 Å². The Kier molecular flexibility index (Phi) is 4.09. The van der Waals surface area contributed by atoms with Crippen molar-refractivity contribution in [2.24, 2.45) is 5.92 Å². The fourth-order valence-corrected chi connectivity index (χ4v) is 3.34. The van der Waals surface area contributed by atoms with Crippen LogP contribution in [0, 0.1) is 5.92 Å². The van der Waals surface area contributed by atoms with Gasteiger partial charge in [0.1, 0.15) is 5.60 Å². The first-order valence-corrected chi connectivity index (χ1v) is 7.50. The Morgan fingerprint density at radius 1 is 1.26 bits per heavy atom. The van der Waals surface area contributed by atoms with Crippen LogP contribution in [0.15, 0.2) is 0 Å². The van der Waals surface area contributed by atoms with Gasteiger partial charge in [-0.1, -0.05) is 12.8 Å². The third-order valence-electron chi connectivity index (χ3n) is 4.27. The summed E-state index contributed by atoms with van der Waals surface area (Å²) >= 11 is 0. The van der Waals surface area contributed by atoms with E-state index < -0.39 is 11.2 Å². The van der Waals surface area contributed by atoms with Gasteiger partial charge in [-0.2, -0.15) is 0 Å². The number of nitrogens with zero attached hydrogens (tertiary/aromatic N) is 1. The molecule has 0 aromatic rings. The number of likely N-dealkylation sites (tertiary alicyclic amines) is 1. The molecule has 0 radical (unpaired) electrons. The molecule has 0 aromatic heterocycles. The maximum absolute atomic E-state index is 12.1. The summed E-state index contributed by atoms with van der Waals surface area (Å²) < 4.78 is 5.41. The van der Waals surface area contributed by atoms with Crippen molar-refractivity contribution in [3.8, 4) is 0 Å². The Morgan fingerprint density at radius 2 is 1.89 bits per heavy atom. The molecule has 2 aliphatic rings. The SMILES string of the molecule is CC(C)(C)OC(=O)N1CCCC(O)(C2CCCC2)C1. The molecule has 1 aliphatic heterocycles. The van der Waals surface area contributed by atoms with Crippen molar-refractivity contribution in [3.63, 3.8) is 0 Å². The molecule has 1 saturated carbocycles. The van der Waals surface area contributed by atoms with Crippen molar-refractivity contribution in [3.05, 3.63) is 0 Å². The number of carbonyl (C=O) groups is 1. The minimum absolute atomic E-state index is 0.288. The summed E-state index contributed by atoms with van der Waals surface area (Å²) in [7, 11) is 0. The predicted molar refractivity (Wildman–Crippen MR) is 73.9 cm³/mol. The molecule has 2 rings (SSSR count). The topological polar surface area (TPSA) is 49.8 Å². The van der Waals surface area contributed by atoms with Gasteiger partial charge in [-0.05, 0) is 52.4 Å². The molecule has 1 N–H and O–H groups in total. The summed E-state index contributed by atoms with van der Waals surface area (Å²) in [4.78, 5) is 13.8. The van der Waals surface area contributed by atoms with E-state index in [0.29, 0.717) is 19.0 Å². The number of piperidine rings is 1. The standard InChI is InChI=1S/C15H27NO3/c1-14(2,3)19-13(17)16-10-6-9-15(18,11-16)12-7-4-5-8-12/h12,18H,4-11H2,1-3H3. The Hall–Kier alpha value is -0.770. The second kappa shape index (κ2) is 5.31. The summed E-state index contributed by atoms with van der Waals surface area (Å²) in [6.45, 7) is 6.75. The van der Waals surface area contributed by atoms with Crippen molar-refractivity contribution in [2.75, 3.05) is 13.1 Å². The van der Waals surface area contributed by atoms with Gasteiger partial charge in [0.25, 0.3) is 0 Å². The Morgan fingerprint density at radius 3 is 2.47 bits per heavy atom. The summed E-state index contributed by atoms with van der Waals surface area (Å²) in [5.41, 5.74) is -1.16. The number of amides is 1. The summed E-state index contributed by atoms with van der Waals surface area (Å²) in [6, 6.07) is 0. The van der Waals surface area contributed by atoms with Gasteiger partial charge in [0.2, 0.25) is 0 Å². The molecule has 0 aromatic carbocycles. The van der Waals surface area contributed by atoms with Crippen molar-refractivity contribution in [1.82, 2.24) is 4.90 Å². The van der Waals surface area contributed by atoms with Crippen LogP contribution in [0.4, 0.5) is 4.79 Å². The zero-order chi connectivity index (χ0) is 14.1. The maximum Gasteiger partial charge on any atom is 0.410 e. The summed E-state index contributed by atoms with van der Waals surface area (Å²) in [6.07, 6.45) is 6.00. The highest BCUT2D eigenvalue weighted by Crippen LogP contribution is 2.39. The maximum atomic E-state index is 12.1. The number of rotatable bonds is 1. The fraction of sp³-hybridized carbons (Fsp3) is 0.933. The van der Waals surface area contributed by atoms with Crippen LogP contribution in [0.2, 0.25) is 0 Å². The second-order valence-corrected chi connectivity index (χ2v) is 7.09. The lowest BCUT2D eigenvalue weighted by Crippen LogP contribution is -2.54. The number of hydrogen-bond donors (Lipinski definition) is 1. The van der Waals surface area contributed by atoms with Crippen LogP contribution in [0.1, 0.15) is 59.3 Å². The molecule has 110 valence electrons. The normalized spacial score (nSPS) is 29.6. The third-order valence-corrected chi connectivity index (χ3v) is 4.27. The van der Waals surface area contributed by atoms with E-state index in [-0.39, 0.29) is 6.09 Å². The monoisotopic (exact) mass is 269 g/mol. The van der Waals surface area contributed by atoms with Gasteiger partial charge in [0, 0.05) is 6.54 Å². The van der Waals surface area contributed by atoms with Gasteiger partial charge in [0.05, 0.1) is 12.1 Å². The van der Waals surface area contributed by atoms with Gasteiger partial charge < -0.3 is 14.7 Å². The van der Waals surface area contributed by atoms with E-state index in [1.54, 1.807) is 4.90 Å². The molecular formula is C15H27NO3. The second-order valence-electron chi connectivity index (χ2n) is 7.09. The van der Waals surface area contributed by atoms with Crippen LogP contribution in [-0.4, -0.2) is 40.4 Å². The predicted octanol–water partition coefficient (Wildman–Crippen LogP) is 2.94. The molecule has 1 amide bonds. The van der Waals surface area contributed by atoms with Crippen LogP contribution >= 0.6 is 0 Å². The number of β-amino-alcohol motifs (C(OH)–C–C–N with tert-alkyl or cyclic N) is 1. The highest BCUT2D eigenvalue weighted by Gasteiger charge is 2.43. The largest absolute Gasteiger partial charge is 0.444 e. The van der Waals surface area contributed by atoms with E-state index in [4.69, 9.17) is 4.74 Å². The molecule has 1 unspecified atom stereocenters. The average molecular weight is 269 g/mol. The van der Waals surface area contributed by atoms with Gasteiger partial charge in [-0.15, -0.1) is 0 Å².